The van der Waals surface area contributed by atoms with E-state index < -0.39 is 16.3 Å². The van der Waals surface area contributed by atoms with Gasteiger partial charge in [-0.25, -0.2) is 19.1 Å². The maximum Gasteiger partial charge on any atom is 0.363 e. The average Bonchev–Trinajstić information content (AvgIpc) is 2.84. The number of nitrogens with one attached hydrogen (secondary N) is 1. The van der Waals surface area contributed by atoms with E-state index in [1.165, 1.54) is 22.9 Å². The molecule has 0 saturated carbocycles. The lowest BCUT2D eigenvalue weighted by Crippen LogP contribution is -2.49. The van der Waals surface area contributed by atoms with Crippen LogP contribution in [-0.2, 0) is 13.1 Å². The Labute approximate surface area is 202 Å². The summed E-state index contributed by atoms with van der Waals surface area (Å²) in [6.07, 6.45) is 1.25. The summed E-state index contributed by atoms with van der Waals surface area (Å²) in [4.78, 5) is 46.3. The minimum atomic E-state index is -0.595. The quantitative estimate of drug-likeness (QED) is 0.309. The summed E-state index contributed by atoms with van der Waals surface area (Å²) in [6, 6.07) is 16.3. The molecule has 12 heteroatoms. The molecule has 178 valence electrons. The third kappa shape index (κ3) is 5.53. The van der Waals surface area contributed by atoms with Gasteiger partial charge >= 0.3 is 17.2 Å². The third-order valence-corrected chi connectivity index (χ3v) is 5.22. The number of hydrogen-bond acceptors (Lipinski definition) is 7. The van der Waals surface area contributed by atoms with Crippen LogP contribution in [0.1, 0.15) is 12.5 Å². The Morgan fingerprint density at radius 1 is 1.03 bits per heavy atom. The first kappa shape index (κ1) is 23.6. The number of H-pyrrole nitrogens is 1. The molecule has 2 aromatic carbocycles. The summed E-state index contributed by atoms with van der Waals surface area (Å²) in [5, 5.41) is 11.3. The zero-order valence-electron chi connectivity index (χ0n) is 18.4. The summed E-state index contributed by atoms with van der Waals surface area (Å²) >= 11 is 5.96. The van der Waals surface area contributed by atoms with Crippen LogP contribution in [0, 0.1) is 10.1 Å². The van der Waals surface area contributed by atoms with Crippen molar-refractivity contribution in [3.05, 3.63) is 114 Å². The molecule has 2 heterocycles. The zero-order valence-corrected chi connectivity index (χ0v) is 19.2. The predicted octanol–water partition coefficient (Wildman–Crippen LogP) is 3.39. The number of halogens is 1. The van der Waals surface area contributed by atoms with Crippen LogP contribution in [0.15, 0.2) is 81.4 Å². The Hall–Kier alpha value is -4.51. The zero-order chi connectivity index (χ0) is 24.9. The number of aromatic nitrogens is 4. The molecule has 4 aromatic rings. The molecular weight excluding hydrogens is 476 g/mol. The highest BCUT2D eigenvalue weighted by atomic mass is 35.5. The lowest BCUT2D eigenvalue weighted by molar-refractivity contribution is -0.389. The van der Waals surface area contributed by atoms with Gasteiger partial charge in [0.1, 0.15) is 5.75 Å². The molecule has 0 spiro atoms. The van der Waals surface area contributed by atoms with Gasteiger partial charge in [-0.05, 0) is 64.9 Å². The first-order chi connectivity index (χ1) is 16.8. The topological polar surface area (TPSA) is 137 Å². The summed E-state index contributed by atoms with van der Waals surface area (Å²) in [5.74, 6) is 0.495. The fraction of sp³-hybridized carbons (Fsp3) is 0.130. The number of aromatic amines is 1. The van der Waals surface area contributed by atoms with Crippen molar-refractivity contribution in [2.45, 2.75) is 20.0 Å². The van der Waals surface area contributed by atoms with Gasteiger partial charge in [0.15, 0.2) is 11.9 Å². The lowest BCUT2D eigenvalue weighted by atomic mass is 10.2. The Morgan fingerprint density at radius 2 is 1.71 bits per heavy atom. The lowest BCUT2D eigenvalue weighted by Gasteiger charge is -2.10. The second-order valence-electron chi connectivity index (χ2n) is 7.31. The molecule has 0 radical (unpaired) electrons. The standard InChI is InChI=1S/C23H19ClN6O5/c1-2-28-22(31)27-21(29(23(28)32)14-15-3-5-16(24)6-4-15)26-17-7-9-18(10-8-17)35-19-11-12-20(25-13-19)30(33)34/h3-13H,2,14H2,1H3,(H,26,27,31). The molecular formula is C23H19ClN6O5. The summed E-state index contributed by atoms with van der Waals surface area (Å²) in [6.45, 7) is 2.10. The van der Waals surface area contributed by atoms with E-state index in [1.54, 1.807) is 55.5 Å². The molecule has 0 atom stereocenters. The first-order valence-corrected chi connectivity index (χ1v) is 10.8. The molecule has 0 aliphatic heterocycles. The van der Waals surface area contributed by atoms with Crippen LogP contribution in [0.25, 0.3) is 0 Å². The van der Waals surface area contributed by atoms with Gasteiger partial charge in [0, 0.05) is 17.6 Å². The van der Waals surface area contributed by atoms with E-state index in [0.717, 1.165) is 10.1 Å². The van der Waals surface area contributed by atoms with E-state index in [9.17, 15) is 19.7 Å². The van der Waals surface area contributed by atoms with Crippen molar-refractivity contribution in [1.82, 2.24) is 19.1 Å². The minimum absolute atomic E-state index is 0.0906. The number of pyridine rings is 1. The fourth-order valence-corrected chi connectivity index (χ4v) is 3.35. The molecule has 0 aliphatic rings. The molecule has 2 aromatic heterocycles. The molecule has 0 amide bonds. The number of benzene rings is 2. The molecule has 0 bridgehead atoms. The highest BCUT2D eigenvalue weighted by Crippen LogP contribution is 2.24. The fourth-order valence-electron chi connectivity index (χ4n) is 3.22. The number of rotatable bonds is 7. The Morgan fingerprint density at radius 3 is 2.31 bits per heavy atom. The van der Waals surface area contributed by atoms with E-state index in [2.05, 4.69) is 15.0 Å². The average molecular weight is 495 g/mol. The van der Waals surface area contributed by atoms with Crippen LogP contribution in [0.4, 0.5) is 11.5 Å². The smallest absolute Gasteiger partial charge is 0.363 e. The van der Waals surface area contributed by atoms with Crippen molar-refractivity contribution in [3.63, 3.8) is 0 Å². The summed E-state index contributed by atoms with van der Waals surface area (Å²) in [7, 11) is 0. The van der Waals surface area contributed by atoms with E-state index >= 15 is 0 Å². The summed E-state index contributed by atoms with van der Waals surface area (Å²) in [5.41, 5.74) is 0.314. The Kier molecular flexibility index (Phi) is 6.88. The molecule has 11 nitrogen and oxygen atoms in total. The van der Waals surface area contributed by atoms with Crippen LogP contribution in [0.2, 0.25) is 5.02 Å². The Balaban J connectivity index is 1.66. The van der Waals surface area contributed by atoms with Crippen molar-refractivity contribution in [3.8, 4) is 11.5 Å². The Bertz CT molecular complexity index is 1540. The second kappa shape index (κ2) is 10.2. The number of ether oxygens (including phenoxy) is 1. The van der Waals surface area contributed by atoms with E-state index in [1.807, 2.05) is 0 Å². The monoisotopic (exact) mass is 494 g/mol. The molecule has 0 fully saturated rings. The van der Waals surface area contributed by atoms with Gasteiger partial charge in [0.2, 0.25) is 5.62 Å². The molecule has 0 unspecified atom stereocenters. The number of nitrogens with zero attached hydrogens (tertiary/aromatic N) is 5. The van der Waals surface area contributed by atoms with Crippen LogP contribution in [0.5, 0.6) is 11.5 Å². The van der Waals surface area contributed by atoms with Crippen molar-refractivity contribution < 1.29 is 9.66 Å². The molecule has 0 aliphatic carbocycles. The normalized spacial score (nSPS) is 11.4. The highest BCUT2D eigenvalue weighted by Gasteiger charge is 2.10. The van der Waals surface area contributed by atoms with Crippen molar-refractivity contribution in [1.29, 1.82) is 0 Å². The van der Waals surface area contributed by atoms with Crippen molar-refractivity contribution >= 4 is 23.1 Å². The number of hydrogen-bond donors (Lipinski definition) is 1. The van der Waals surface area contributed by atoms with Crippen LogP contribution in [0.3, 0.4) is 0 Å². The van der Waals surface area contributed by atoms with Gasteiger partial charge in [-0.2, -0.15) is 0 Å². The van der Waals surface area contributed by atoms with Crippen molar-refractivity contribution in [2.75, 3.05) is 0 Å². The third-order valence-electron chi connectivity index (χ3n) is 4.97. The van der Waals surface area contributed by atoms with E-state index in [-0.39, 0.29) is 24.5 Å². The molecule has 4 rings (SSSR count). The van der Waals surface area contributed by atoms with Gasteiger partial charge in [-0.1, -0.05) is 23.7 Å². The molecule has 1 N–H and O–H groups in total. The number of nitro groups is 1. The van der Waals surface area contributed by atoms with E-state index in [4.69, 9.17) is 16.3 Å². The highest BCUT2D eigenvalue weighted by molar-refractivity contribution is 6.30. The second-order valence-corrected chi connectivity index (χ2v) is 7.75. The molecule has 0 saturated heterocycles. The van der Waals surface area contributed by atoms with Crippen LogP contribution >= 0.6 is 11.6 Å². The maximum atomic E-state index is 13.0. The van der Waals surface area contributed by atoms with Gasteiger partial charge < -0.3 is 14.9 Å². The van der Waals surface area contributed by atoms with Gasteiger partial charge in [-0.15, -0.1) is 0 Å². The van der Waals surface area contributed by atoms with Crippen molar-refractivity contribution in [2.24, 2.45) is 4.99 Å². The van der Waals surface area contributed by atoms with E-state index in [0.29, 0.717) is 22.2 Å². The summed E-state index contributed by atoms with van der Waals surface area (Å²) < 4.78 is 8.11. The first-order valence-electron chi connectivity index (χ1n) is 10.5. The largest absolute Gasteiger partial charge is 0.453 e. The minimum Gasteiger partial charge on any atom is -0.453 e. The van der Waals surface area contributed by atoms with Crippen LogP contribution in [-0.4, -0.2) is 24.0 Å². The van der Waals surface area contributed by atoms with Gasteiger partial charge in [0.05, 0.1) is 12.2 Å². The van der Waals surface area contributed by atoms with Crippen LogP contribution < -0.4 is 21.7 Å². The molecule has 35 heavy (non-hydrogen) atoms. The van der Waals surface area contributed by atoms with Gasteiger partial charge in [-0.3, -0.25) is 9.55 Å². The predicted molar refractivity (Wildman–Crippen MR) is 128 cm³/mol. The van der Waals surface area contributed by atoms with Gasteiger partial charge in [0.25, 0.3) is 0 Å². The SMILES string of the molecule is CCn1c(=O)[nH]/c(=N\c2ccc(Oc3ccc([N+](=O)[O-])nc3)cc2)n(Cc2ccc(Cl)cc2)c1=O. The maximum absolute atomic E-state index is 13.0.